The van der Waals surface area contributed by atoms with Gasteiger partial charge in [0, 0.05) is 11.1 Å². The fraction of sp³-hybridized carbons (Fsp3) is 0.0667. The van der Waals surface area contributed by atoms with Gasteiger partial charge in [-0.2, -0.15) is 15.5 Å². The number of carbonyl (C=O) groups is 1. The third-order valence-corrected chi connectivity index (χ3v) is 3.07. The monoisotopic (exact) mass is 293 g/mol. The van der Waals surface area contributed by atoms with Crippen LogP contribution >= 0.6 is 0 Å². The van der Waals surface area contributed by atoms with Crippen LogP contribution in [-0.4, -0.2) is 18.0 Å². The molecule has 0 aliphatic rings. The average molecular weight is 293 g/mol. The third-order valence-electron chi connectivity index (χ3n) is 3.07. The Labute approximate surface area is 126 Å². The minimum Gasteiger partial charge on any atom is -0.480 e. The summed E-state index contributed by atoms with van der Waals surface area (Å²) in [5.41, 5.74) is 11.8. The summed E-state index contributed by atoms with van der Waals surface area (Å²) in [4.78, 5) is 15.5. The fourth-order valence-electron chi connectivity index (χ4n) is 2.13. The van der Waals surface area contributed by atoms with E-state index in [9.17, 15) is 15.3 Å². The van der Waals surface area contributed by atoms with Gasteiger partial charge in [-0.1, -0.05) is 18.2 Å². The van der Waals surface area contributed by atoms with Crippen molar-refractivity contribution in [3.8, 4) is 29.1 Å². The molecule has 108 valence electrons. The molecule has 0 saturated carbocycles. The number of primary amides is 1. The quantitative estimate of drug-likeness (QED) is 0.871. The van der Waals surface area contributed by atoms with Gasteiger partial charge in [0.2, 0.25) is 11.8 Å². The van der Waals surface area contributed by atoms with Crippen LogP contribution in [0.1, 0.15) is 21.5 Å². The van der Waals surface area contributed by atoms with Gasteiger partial charge in [0.05, 0.1) is 7.11 Å². The van der Waals surface area contributed by atoms with E-state index in [1.54, 1.807) is 18.2 Å². The number of amides is 1. The van der Waals surface area contributed by atoms with Gasteiger partial charge >= 0.3 is 0 Å². The topological polar surface area (TPSA) is 139 Å². The van der Waals surface area contributed by atoms with Crippen LogP contribution in [0, 0.1) is 22.7 Å². The maximum atomic E-state index is 11.6. The first kappa shape index (κ1) is 14.8. The normalized spacial score (nSPS) is 9.59. The lowest BCUT2D eigenvalue weighted by Crippen LogP contribution is -2.13. The third kappa shape index (κ3) is 2.28. The Morgan fingerprint density at radius 2 is 1.86 bits per heavy atom. The molecule has 2 rings (SSSR count). The second kappa shape index (κ2) is 5.81. The number of benzene rings is 1. The number of nitrogens with zero attached hydrogens (tertiary/aromatic N) is 3. The molecule has 0 aliphatic heterocycles. The summed E-state index contributed by atoms with van der Waals surface area (Å²) in [6.45, 7) is 0. The highest BCUT2D eigenvalue weighted by atomic mass is 16.5. The summed E-state index contributed by atoms with van der Waals surface area (Å²) in [7, 11) is 1.33. The lowest BCUT2D eigenvalue weighted by molar-refractivity contribution is 0.100. The first-order chi connectivity index (χ1) is 10.5. The Kier molecular flexibility index (Phi) is 3.92. The summed E-state index contributed by atoms with van der Waals surface area (Å²) in [5, 5.41) is 18.7. The number of methoxy groups -OCH3 is 1. The molecule has 1 aromatic carbocycles. The van der Waals surface area contributed by atoms with E-state index in [1.807, 2.05) is 12.1 Å². The van der Waals surface area contributed by atoms with Crippen molar-refractivity contribution in [3.63, 3.8) is 0 Å². The summed E-state index contributed by atoms with van der Waals surface area (Å²) >= 11 is 0. The predicted octanol–water partition coefficient (Wildman–Crippen LogP) is 1.18. The van der Waals surface area contributed by atoms with Crippen LogP contribution in [-0.2, 0) is 0 Å². The Morgan fingerprint density at radius 3 is 2.41 bits per heavy atom. The molecule has 0 fully saturated rings. The van der Waals surface area contributed by atoms with Crippen molar-refractivity contribution in [1.82, 2.24) is 4.98 Å². The van der Waals surface area contributed by atoms with Crippen LogP contribution in [0.4, 0.5) is 5.82 Å². The molecular weight excluding hydrogens is 282 g/mol. The lowest BCUT2D eigenvalue weighted by Gasteiger charge is -2.14. The molecule has 0 spiro atoms. The smallest absolute Gasteiger partial charge is 0.249 e. The molecule has 0 unspecified atom stereocenters. The second-order valence-electron chi connectivity index (χ2n) is 4.26. The number of nitriles is 2. The maximum absolute atomic E-state index is 11.6. The zero-order valence-corrected chi connectivity index (χ0v) is 11.6. The summed E-state index contributed by atoms with van der Waals surface area (Å²) < 4.78 is 5.04. The molecule has 22 heavy (non-hydrogen) atoms. The van der Waals surface area contributed by atoms with Gasteiger partial charge < -0.3 is 16.2 Å². The number of hydrogen-bond acceptors (Lipinski definition) is 6. The van der Waals surface area contributed by atoms with E-state index in [2.05, 4.69) is 4.98 Å². The zero-order chi connectivity index (χ0) is 16.3. The molecule has 7 nitrogen and oxygen atoms in total. The van der Waals surface area contributed by atoms with Gasteiger partial charge in [0.25, 0.3) is 0 Å². The van der Waals surface area contributed by atoms with Crippen molar-refractivity contribution in [2.75, 3.05) is 12.8 Å². The highest BCUT2D eigenvalue weighted by molar-refractivity contribution is 6.01. The van der Waals surface area contributed by atoms with E-state index in [0.717, 1.165) is 0 Å². The number of ether oxygens (including phenoxy) is 1. The van der Waals surface area contributed by atoms with E-state index in [1.165, 1.54) is 13.2 Å². The van der Waals surface area contributed by atoms with Gasteiger partial charge in [-0.15, -0.1) is 0 Å². The Bertz CT molecular complexity index is 846. The van der Waals surface area contributed by atoms with Crippen molar-refractivity contribution in [2.24, 2.45) is 5.73 Å². The zero-order valence-electron chi connectivity index (χ0n) is 11.6. The van der Waals surface area contributed by atoms with Crippen LogP contribution in [0.3, 0.4) is 0 Å². The predicted molar refractivity (Wildman–Crippen MR) is 78.6 cm³/mol. The second-order valence-corrected chi connectivity index (χ2v) is 4.26. The largest absolute Gasteiger partial charge is 0.480 e. The minimum absolute atomic E-state index is 0.00829. The number of aromatic nitrogens is 1. The van der Waals surface area contributed by atoms with Crippen LogP contribution in [0.2, 0.25) is 0 Å². The number of anilines is 1. The Balaban J connectivity index is 2.98. The molecule has 0 atom stereocenters. The van der Waals surface area contributed by atoms with E-state index in [-0.39, 0.29) is 34.0 Å². The molecule has 4 N–H and O–H groups in total. The van der Waals surface area contributed by atoms with E-state index >= 15 is 0 Å². The highest BCUT2D eigenvalue weighted by Crippen LogP contribution is 2.36. The molecular formula is C15H11N5O2. The Hall–Kier alpha value is -3.58. The van der Waals surface area contributed by atoms with Crippen molar-refractivity contribution < 1.29 is 9.53 Å². The molecule has 0 radical (unpaired) electrons. The number of carbonyl (C=O) groups excluding carboxylic acids is 1. The summed E-state index contributed by atoms with van der Waals surface area (Å²) in [5.74, 6) is -0.793. The number of rotatable bonds is 3. The Morgan fingerprint density at radius 1 is 1.23 bits per heavy atom. The molecule has 7 heteroatoms. The van der Waals surface area contributed by atoms with Crippen molar-refractivity contribution in [2.45, 2.75) is 0 Å². The first-order valence-electron chi connectivity index (χ1n) is 6.12. The number of pyridine rings is 1. The first-order valence-corrected chi connectivity index (χ1v) is 6.12. The summed E-state index contributed by atoms with van der Waals surface area (Å²) in [6.07, 6.45) is 0. The van der Waals surface area contributed by atoms with Crippen LogP contribution < -0.4 is 16.2 Å². The number of nitrogen functional groups attached to an aromatic ring is 1. The molecule has 0 saturated heterocycles. The van der Waals surface area contributed by atoms with E-state index in [0.29, 0.717) is 5.56 Å². The molecule has 0 bridgehead atoms. The number of hydrogen-bond donors (Lipinski definition) is 2. The molecule has 1 amide bonds. The van der Waals surface area contributed by atoms with Crippen LogP contribution in [0.15, 0.2) is 24.3 Å². The number of nitrogens with two attached hydrogens (primary N) is 2. The minimum atomic E-state index is -0.683. The SMILES string of the molecule is COc1nc(N)c(C#N)c(-c2ccccc2C(N)=O)c1C#N. The standard InChI is InChI=1S/C15H11N5O2/c1-22-15-11(7-17)12(10(6-16)13(18)20-15)8-4-2-3-5-9(8)14(19)21/h2-5H,1H3,(H2,18,20)(H2,19,21). The van der Waals surface area contributed by atoms with Gasteiger partial charge in [-0.25, -0.2) is 0 Å². The van der Waals surface area contributed by atoms with Crippen molar-refractivity contribution in [3.05, 3.63) is 41.0 Å². The van der Waals surface area contributed by atoms with Crippen LogP contribution in [0.25, 0.3) is 11.1 Å². The van der Waals surface area contributed by atoms with Crippen molar-refractivity contribution >= 4 is 11.7 Å². The fourth-order valence-corrected chi connectivity index (χ4v) is 2.13. The van der Waals surface area contributed by atoms with Gasteiger partial charge in [0.15, 0.2) is 0 Å². The summed E-state index contributed by atoms with van der Waals surface area (Å²) in [6, 6.07) is 10.2. The lowest BCUT2D eigenvalue weighted by atomic mass is 9.92. The van der Waals surface area contributed by atoms with Gasteiger partial charge in [0.1, 0.15) is 29.1 Å². The van der Waals surface area contributed by atoms with Gasteiger partial charge in [-0.05, 0) is 11.6 Å². The van der Waals surface area contributed by atoms with Crippen molar-refractivity contribution in [1.29, 1.82) is 10.5 Å². The maximum Gasteiger partial charge on any atom is 0.249 e. The van der Waals surface area contributed by atoms with Gasteiger partial charge in [-0.3, -0.25) is 4.79 Å². The van der Waals surface area contributed by atoms with Crippen LogP contribution in [0.5, 0.6) is 5.88 Å². The van der Waals surface area contributed by atoms with E-state index in [4.69, 9.17) is 16.2 Å². The average Bonchev–Trinajstić information content (AvgIpc) is 2.53. The molecule has 0 aliphatic carbocycles. The molecule has 2 aromatic rings. The molecule has 1 heterocycles. The highest BCUT2D eigenvalue weighted by Gasteiger charge is 2.23. The molecule has 1 aromatic heterocycles. The van der Waals surface area contributed by atoms with E-state index < -0.39 is 5.91 Å².